The molecule has 1 amide bonds. The van der Waals surface area contributed by atoms with Crippen LogP contribution in [0.4, 0.5) is 4.79 Å². The summed E-state index contributed by atoms with van der Waals surface area (Å²) in [6, 6.07) is -0.213. The fourth-order valence-electron chi connectivity index (χ4n) is 3.52. The van der Waals surface area contributed by atoms with Gasteiger partial charge in [0.1, 0.15) is 6.33 Å². The highest BCUT2D eigenvalue weighted by atomic mass is 28.4. The minimum atomic E-state index is -2.10. The zero-order valence-electron chi connectivity index (χ0n) is 15.1. The van der Waals surface area contributed by atoms with Crippen LogP contribution in [0, 0.1) is 5.41 Å². The van der Waals surface area contributed by atoms with Crippen molar-refractivity contribution < 1.29 is 14.1 Å². The van der Waals surface area contributed by atoms with Gasteiger partial charge in [-0.05, 0) is 32.4 Å². The quantitative estimate of drug-likeness (QED) is 0.492. The average Bonchev–Trinajstić information content (AvgIpc) is 3.18. The number of nitrogens with one attached hydrogen (secondary N) is 1. The predicted molar refractivity (Wildman–Crippen MR) is 95.5 cm³/mol. The number of hydroxylamine groups is 2. The first-order chi connectivity index (χ1) is 11.9. The maximum atomic E-state index is 12.9. The Morgan fingerprint density at radius 1 is 1.52 bits per heavy atom. The van der Waals surface area contributed by atoms with Crippen LogP contribution < -0.4 is 0 Å². The van der Waals surface area contributed by atoms with Crippen LogP contribution in [0.1, 0.15) is 32.6 Å². The molecule has 25 heavy (non-hydrogen) atoms. The normalized spacial score (nSPS) is 25.5. The van der Waals surface area contributed by atoms with Gasteiger partial charge in [0.05, 0.1) is 18.7 Å². The molecule has 2 fully saturated rings. The summed E-state index contributed by atoms with van der Waals surface area (Å²) in [5.41, 5.74) is 0. The first-order valence-electron chi connectivity index (χ1n) is 8.92. The number of rotatable bonds is 5. The second-order valence-electron chi connectivity index (χ2n) is 7.08. The van der Waals surface area contributed by atoms with Gasteiger partial charge in [-0.15, -0.1) is 0 Å². The smallest absolute Gasteiger partial charge is 0.353 e. The lowest BCUT2D eigenvalue weighted by atomic mass is 10.0. The van der Waals surface area contributed by atoms with Gasteiger partial charge < -0.3 is 4.43 Å². The Kier molecular flexibility index (Phi) is 5.26. The topological polar surface area (TPSA) is 83.7 Å². The Morgan fingerprint density at radius 3 is 3.00 bits per heavy atom. The Labute approximate surface area is 149 Å². The molecule has 2 saturated heterocycles. The lowest BCUT2D eigenvalue weighted by Crippen LogP contribution is -2.59. The van der Waals surface area contributed by atoms with E-state index in [2.05, 4.69) is 29.6 Å². The van der Waals surface area contributed by atoms with Gasteiger partial charge in [0.25, 0.3) is 0 Å². The van der Waals surface area contributed by atoms with Gasteiger partial charge >= 0.3 is 14.5 Å². The Morgan fingerprint density at radius 2 is 2.32 bits per heavy atom. The predicted octanol–water partition coefficient (Wildman–Crippen LogP) is 2.43. The number of imidazole rings is 1. The van der Waals surface area contributed by atoms with E-state index in [1.54, 1.807) is 12.4 Å². The molecule has 0 aromatic carbocycles. The number of amides is 1. The summed E-state index contributed by atoms with van der Waals surface area (Å²) in [6.07, 6.45) is 8.24. The standard InChI is InChI=1S/C16H27N5O3Si/c1-4-5-10-23-21(16(22)19-9-8-18-12-19)13-6-7-14-15(17)24-25(2,3)20(14)11-13/h8-9,12-14,17H,4-7,10-11H2,1-3H3/t13-,14+/m1/s1. The summed E-state index contributed by atoms with van der Waals surface area (Å²) in [5.74, 6) is 0.384. The molecule has 1 aromatic heterocycles. The van der Waals surface area contributed by atoms with E-state index < -0.39 is 8.48 Å². The van der Waals surface area contributed by atoms with Crippen molar-refractivity contribution in [1.82, 2.24) is 19.2 Å². The largest absolute Gasteiger partial charge is 0.519 e. The first-order valence-corrected chi connectivity index (χ1v) is 11.8. The molecule has 3 rings (SSSR count). The maximum absolute atomic E-state index is 12.9. The van der Waals surface area contributed by atoms with Crippen LogP contribution in [0.25, 0.3) is 0 Å². The van der Waals surface area contributed by atoms with Gasteiger partial charge in [-0.25, -0.2) is 9.78 Å². The van der Waals surface area contributed by atoms with Crippen molar-refractivity contribution in [1.29, 1.82) is 5.41 Å². The monoisotopic (exact) mass is 365 g/mol. The molecule has 0 radical (unpaired) electrons. The van der Waals surface area contributed by atoms with Gasteiger partial charge in [-0.3, -0.25) is 19.4 Å². The Bertz CT molecular complexity index is 621. The lowest BCUT2D eigenvalue weighted by molar-refractivity contribution is -0.153. The van der Waals surface area contributed by atoms with Crippen LogP contribution in [-0.4, -0.2) is 64.8 Å². The number of hydrogen-bond acceptors (Lipinski definition) is 6. The van der Waals surface area contributed by atoms with E-state index in [9.17, 15) is 4.79 Å². The van der Waals surface area contributed by atoms with E-state index >= 15 is 0 Å². The Balaban J connectivity index is 1.76. The van der Waals surface area contributed by atoms with Crippen molar-refractivity contribution >= 4 is 20.4 Å². The van der Waals surface area contributed by atoms with E-state index in [1.165, 1.54) is 16.0 Å². The van der Waals surface area contributed by atoms with Crippen molar-refractivity contribution in [3.05, 3.63) is 18.7 Å². The molecule has 0 spiro atoms. The van der Waals surface area contributed by atoms with Crippen LogP contribution >= 0.6 is 0 Å². The molecular formula is C16H27N5O3Si. The van der Waals surface area contributed by atoms with Gasteiger partial charge in [0, 0.05) is 18.9 Å². The third-order valence-corrected chi connectivity index (χ3v) is 7.48. The van der Waals surface area contributed by atoms with E-state index in [0.29, 0.717) is 19.0 Å². The minimum absolute atomic E-state index is 0.0516. The molecule has 0 unspecified atom stereocenters. The molecule has 1 aromatic rings. The van der Waals surface area contributed by atoms with Crippen molar-refractivity contribution in [2.24, 2.45) is 0 Å². The third kappa shape index (κ3) is 3.63. The molecule has 2 aliphatic rings. The van der Waals surface area contributed by atoms with E-state index in [4.69, 9.17) is 14.7 Å². The van der Waals surface area contributed by atoms with Crippen molar-refractivity contribution in [3.8, 4) is 0 Å². The van der Waals surface area contributed by atoms with E-state index in [1.807, 2.05) is 0 Å². The second-order valence-corrected chi connectivity index (χ2v) is 10.7. The van der Waals surface area contributed by atoms with Gasteiger partial charge in [-0.1, -0.05) is 13.3 Å². The van der Waals surface area contributed by atoms with Crippen molar-refractivity contribution in [2.75, 3.05) is 13.2 Å². The van der Waals surface area contributed by atoms with Crippen LogP contribution in [0.5, 0.6) is 0 Å². The van der Waals surface area contributed by atoms with Crippen LogP contribution in [-0.2, 0) is 9.26 Å². The molecule has 2 aliphatic heterocycles. The second kappa shape index (κ2) is 7.26. The SMILES string of the molecule is CCCCON(C(=O)n1ccnc1)[C@@H]1CC[C@H]2C(=N)O[Si](C)(C)N2C1. The summed E-state index contributed by atoms with van der Waals surface area (Å²) in [4.78, 5) is 22.7. The zero-order chi connectivity index (χ0) is 18.0. The zero-order valence-corrected chi connectivity index (χ0v) is 16.1. The molecule has 9 heteroatoms. The molecule has 1 N–H and O–H groups in total. The van der Waals surface area contributed by atoms with Crippen molar-refractivity contribution in [2.45, 2.75) is 57.8 Å². The van der Waals surface area contributed by atoms with E-state index in [0.717, 1.165) is 25.7 Å². The summed E-state index contributed by atoms with van der Waals surface area (Å²) in [6.45, 7) is 7.49. The van der Waals surface area contributed by atoms with Crippen molar-refractivity contribution in [3.63, 3.8) is 0 Å². The summed E-state index contributed by atoms with van der Waals surface area (Å²) < 4.78 is 9.58. The molecule has 8 nitrogen and oxygen atoms in total. The van der Waals surface area contributed by atoms with E-state index in [-0.39, 0.29) is 18.1 Å². The van der Waals surface area contributed by atoms with Gasteiger partial charge in [-0.2, -0.15) is 5.06 Å². The average molecular weight is 366 g/mol. The number of aromatic nitrogens is 2. The summed E-state index contributed by atoms with van der Waals surface area (Å²) in [5, 5.41) is 9.60. The minimum Gasteiger partial charge on any atom is -0.519 e. The highest BCUT2D eigenvalue weighted by molar-refractivity contribution is 6.71. The number of fused-ring (bicyclic) bond motifs is 1. The highest BCUT2D eigenvalue weighted by Gasteiger charge is 2.51. The highest BCUT2D eigenvalue weighted by Crippen LogP contribution is 2.33. The van der Waals surface area contributed by atoms with Gasteiger partial charge in [0.2, 0.25) is 0 Å². The molecule has 138 valence electrons. The fourth-order valence-corrected chi connectivity index (χ4v) is 5.96. The summed E-state index contributed by atoms with van der Waals surface area (Å²) in [7, 11) is -2.10. The first kappa shape index (κ1) is 18.1. The fraction of sp³-hybridized carbons (Fsp3) is 0.688. The number of hydrogen-bond donors (Lipinski definition) is 1. The third-order valence-electron chi connectivity index (χ3n) is 4.88. The maximum Gasteiger partial charge on any atom is 0.353 e. The molecule has 3 heterocycles. The van der Waals surface area contributed by atoms with Crippen LogP contribution in [0.15, 0.2) is 18.7 Å². The number of unbranched alkanes of at least 4 members (excludes halogenated alkanes) is 1. The number of piperidine rings is 1. The number of nitrogens with zero attached hydrogens (tertiary/aromatic N) is 4. The summed E-state index contributed by atoms with van der Waals surface area (Å²) >= 11 is 0. The molecule has 0 saturated carbocycles. The molecule has 0 bridgehead atoms. The molecular weight excluding hydrogens is 338 g/mol. The molecule has 2 atom stereocenters. The number of carbonyl (C=O) groups excluding carboxylic acids is 1. The van der Waals surface area contributed by atoms with Crippen LogP contribution in [0.2, 0.25) is 13.1 Å². The van der Waals surface area contributed by atoms with Gasteiger partial charge in [0.15, 0.2) is 5.90 Å². The lowest BCUT2D eigenvalue weighted by Gasteiger charge is -2.41. The molecule has 0 aliphatic carbocycles. The Hall–Kier alpha value is -1.71. The van der Waals surface area contributed by atoms with Crippen LogP contribution in [0.3, 0.4) is 0 Å². The number of carbonyl (C=O) groups is 1.